The van der Waals surface area contributed by atoms with E-state index in [2.05, 4.69) is 22.8 Å². The lowest BCUT2D eigenvalue weighted by molar-refractivity contribution is 0.571. The Labute approximate surface area is 110 Å². The Morgan fingerprint density at radius 2 is 2.39 bits per heavy atom. The molecule has 3 rings (SSSR count). The molecule has 0 spiro atoms. The van der Waals surface area contributed by atoms with Crippen molar-refractivity contribution in [1.29, 1.82) is 5.26 Å². The van der Waals surface area contributed by atoms with E-state index in [0.717, 1.165) is 36.2 Å². The van der Waals surface area contributed by atoms with Crippen molar-refractivity contribution < 1.29 is 0 Å². The van der Waals surface area contributed by atoms with Gasteiger partial charge in [-0.25, -0.2) is 0 Å². The van der Waals surface area contributed by atoms with Gasteiger partial charge < -0.3 is 5.73 Å². The molecule has 0 radical (unpaired) electrons. The molecular formula is C13H14N4S. The summed E-state index contributed by atoms with van der Waals surface area (Å²) in [6, 6.07) is 2.22. The summed E-state index contributed by atoms with van der Waals surface area (Å²) in [6.45, 7) is 3.11. The summed E-state index contributed by atoms with van der Waals surface area (Å²) in [5, 5.41) is 14.2. The molecule has 4 nitrogen and oxygen atoms in total. The number of fused-ring (bicyclic) bond motifs is 3. The van der Waals surface area contributed by atoms with E-state index in [-0.39, 0.29) is 0 Å². The van der Waals surface area contributed by atoms with E-state index in [1.54, 1.807) is 0 Å². The van der Waals surface area contributed by atoms with Crippen LogP contribution in [-0.2, 0) is 19.4 Å². The van der Waals surface area contributed by atoms with Crippen LogP contribution in [0.15, 0.2) is 6.20 Å². The second-order valence-corrected chi connectivity index (χ2v) is 5.54. The molecule has 0 unspecified atom stereocenters. The summed E-state index contributed by atoms with van der Waals surface area (Å²) in [5.41, 5.74) is 10.2. The monoisotopic (exact) mass is 258 g/mol. The number of hydrogen-bond acceptors (Lipinski definition) is 4. The van der Waals surface area contributed by atoms with Crippen molar-refractivity contribution in [1.82, 2.24) is 9.78 Å². The molecule has 18 heavy (non-hydrogen) atoms. The molecule has 0 bridgehead atoms. The Hall–Kier alpha value is -1.80. The minimum Gasteiger partial charge on any atom is -0.389 e. The van der Waals surface area contributed by atoms with E-state index in [0.29, 0.717) is 10.6 Å². The molecule has 0 aliphatic heterocycles. The Kier molecular flexibility index (Phi) is 2.60. The number of nitrogen functional groups attached to an aromatic ring is 1. The van der Waals surface area contributed by atoms with Crippen molar-refractivity contribution in [2.75, 3.05) is 5.73 Å². The molecule has 0 saturated heterocycles. The average molecular weight is 258 g/mol. The van der Waals surface area contributed by atoms with Crippen LogP contribution in [0.3, 0.4) is 0 Å². The zero-order chi connectivity index (χ0) is 12.7. The van der Waals surface area contributed by atoms with E-state index >= 15 is 0 Å². The van der Waals surface area contributed by atoms with E-state index in [4.69, 9.17) is 11.0 Å². The van der Waals surface area contributed by atoms with Crippen molar-refractivity contribution in [2.45, 2.75) is 32.7 Å². The molecule has 92 valence electrons. The minimum atomic E-state index is 0.638. The summed E-state index contributed by atoms with van der Waals surface area (Å²) in [7, 11) is 0. The summed E-state index contributed by atoms with van der Waals surface area (Å²) in [4.78, 5) is 1.15. The highest BCUT2D eigenvalue weighted by molar-refractivity contribution is 7.19. The van der Waals surface area contributed by atoms with Gasteiger partial charge in [0.2, 0.25) is 0 Å². The van der Waals surface area contributed by atoms with E-state index in [1.807, 2.05) is 6.20 Å². The normalized spacial score (nSPS) is 12.9. The van der Waals surface area contributed by atoms with Gasteiger partial charge in [0.05, 0.1) is 11.8 Å². The summed E-state index contributed by atoms with van der Waals surface area (Å²) in [6.07, 6.45) is 4.85. The summed E-state index contributed by atoms with van der Waals surface area (Å²) >= 11 is 1.52. The zero-order valence-corrected chi connectivity index (χ0v) is 11.0. The molecule has 1 aliphatic rings. The third-order valence-corrected chi connectivity index (χ3v) is 4.48. The maximum Gasteiger partial charge on any atom is 0.105 e. The Morgan fingerprint density at radius 3 is 3.11 bits per heavy atom. The highest BCUT2D eigenvalue weighted by atomic mass is 32.1. The maximum atomic E-state index is 9.16. The number of nitrogens with zero attached hydrogens (tertiary/aromatic N) is 3. The van der Waals surface area contributed by atoms with Crippen molar-refractivity contribution in [2.24, 2.45) is 0 Å². The lowest BCUT2D eigenvalue weighted by Crippen LogP contribution is -2.09. The standard InChI is InChI=1S/C13H14N4S/c1-2-5-17-11-4-3-8-9(6-14)13(15)18-12(8)10(11)7-16-17/h7H,2-5,15H2,1H3. The van der Waals surface area contributed by atoms with Crippen molar-refractivity contribution in [3.05, 3.63) is 23.0 Å². The van der Waals surface area contributed by atoms with Gasteiger partial charge in [-0.1, -0.05) is 6.92 Å². The SMILES string of the molecule is CCCn1ncc2c1CCc1c-2sc(N)c1C#N. The van der Waals surface area contributed by atoms with Gasteiger partial charge in [0.15, 0.2) is 0 Å². The first-order chi connectivity index (χ1) is 8.76. The molecule has 1 aliphatic carbocycles. The predicted molar refractivity (Wildman–Crippen MR) is 72.4 cm³/mol. The molecule has 0 atom stereocenters. The zero-order valence-electron chi connectivity index (χ0n) is 10.2. The van der Waals surface area contributed by atoms with Crippen molar-refractivity contribution >= 4 is 16.3 Å². The molecule has 2 N–H and O–H groups in total. The number of nitriles is 1. The number of anilines is 1. The van der Waals surface area contributed by atoms with Crippen LogP contribution < -0.4 is 5.73 Å². The van der Waals surface area contributed by atoms with Crippen LogP contribution in [0.2, 0.25) is 0 Å². The second-order valence-electron chi connectivity index (χ2n) is 4.49. The lowest BCUT2D eigenvalue weighted by Gasteiger charge is -2.14. The van der Waals surface area contributed by atoms with Gasteiger partial charge in [0.1, 0.15) is 11.1 Å². The lowest BCUT2D eigenvalue weighted by atomic mass is 9.94. The molecule has 2 aromatic rings. The minimum absolute atomic E-state index is 0.638. The first-order valence-electron chi connectivity index (χ1n) is 6.12. The van der Waals surface area contributed by atoms with Gasteiger partial charge in [0.25, 0.3) is 0 Å². The molecule has 0 fully saturated rings. The molecule has 2 aromatic heterocycles. The van der Waals surface area contributed by atoms with E-state index in [9.17, 15) is 0 Å². The number of aryl methyl sites for hydroxylation is 1. The fourth-order valence-corrected chi connectivity index (χ4v) is 3.67. The van der Waals surface area contributed by atoms with Gasteiger partial charge in [-0.05, 0) is 24.8 Å². The predicted octanol–water partition coefficient (Wildman–Crippen LogP) is 2.57. The number of nitrogens with two attached hydrogens (primary N) is 1. The van der Waals surface area contributed by atoms with Crippen molar-refractivity contribution in [3.8, 4) is 16.5 Å². The largest absolute Gasteiger partial charge is 0.389 e. The first-order valence-corrected chi connectivity index (χ1v) is 6.94. The van der Waals surface area contributed by atoms with Crippen LogP contribution in [0.4, 0.5) is 5.00 Å². The highest BCUT2D eigenvalue weighted by Gasteiger charge is 2.26. The van der Waals surface area contributed by atoms with Gasteiger partial charge in [-0.2, -0.15) is 10.4 Å². The first kappa shape index (κ1) is 11.3. The van der Waals surface area contributed by atoms with Crippen LogP contribution in [0.5, 0.6) is 0 Å². The van der Waals surface area contributed by atoms with E-state index < -0.39 is 0 Å². The van der Waals surface area contributed by atoms with Crippen LogP contribution in [-0.4, -0.2) is 9.78 Å². The van der Waals surface area contributed by atoms with Gasteiger partial charge in [0, 0.05) is 22.7 Å². The maximum absolute atomic E-state index is 9.16. The number of rotatable bonds is 2. The van der Waals surface area contributed by atoms with Crippen LogP contribution in [0, 0.1) is 11.3 Å². The Balaban J connectivity index is 2.16. The molecule has 0 saturated carbocycles. The van der Waals surface area contributed by atoms with Crippen LogP contribution in [0.25, 0.3) is 10.4 Å². The third-order valence-electron chi connectivity index (χ3n) is 3.39. The number of thiophene rings is 1. The molecule has 0 aromatic carbocycles. The third kappa shape index (κ3) is 1.46. The average Bonchev–Trinajstić information content (AvgIpc) is 2.90. The van der Waals surface area contributed by atoms with Crippen LogP contribution >= 0.6 is 11.3 Å². The fraction of sp³-hybridized carbons (Fsp3) is 0.385. The van der Waals surface area contributed by atoms with Crippen molar-refractivity contribution in [3.63, 3.8) is 0 Å². The number of aromatic nitrogens is 2. The van der Waals surface area contributed by atoms with Gasteiger partial charge >= 0.3 is 0 Å². The fourth-order valence-electron chi connectivity index (χ4n) is 2.58. The highest BCUT2D eigenvalue weighted by Crippen LogP contribution is 2.43. The molecule has 2 heterocycles. The second kappa shape index (κ2) is 4.14. The van der Waals surface area contributed by atoms with E-state index in [1.165, 1.54) is 22.6 Å². The molecular weight excluding hydrogens is 244 g/mol. The smallest absolute Gasteiger partial charge is 0.105 e. The number of hydrogen-bond donors (Lipinski definition) is 1. The quantitative estimate of drug-likeness (QED) is 0.900. The van der Waals surface area contributed by atoms with Crippen LogP contribution in [0.1, 0.15) is 30.2 Å². The van der Waals surface area contributed by atoms with Gasteiger partial charge in [-0.15, -0.1) is 11.3 Å². The Morgan fingerprint density at radius 1 is 1.56 bits per heavy atom. The summed E-state index contributed by atoms with van der Waals surface area (Å²) < 4.78 is 2.08. The summed E-state index contributed by atoms with van der Waals surface area (Å²) in [5.74, 6) is 0. The Bertz CT molecular complexity index is 645. The molecule has 5 heteroatoms. The topological polar surface area (TPSA) is 67.6 Å². The van der Waals surface area contributed by atoms with Gasteiger partial charge in [-0.3, -0.25) is 4.68 Å². The molecule has 0 amide bonds.